The number of rotatable bonds is 9. The first kappa shape index (κ1) is 22.7. The molecule has 1 amide bonds. The molecule has 0 fully saturated rings. The van der Waals surface area contributed by atoms with Crippen molar-refractivity contribution in [1.82, 2.24) is 10.3 Å². The Morgan fingerprint density at radius 2 is 1.83 bits per heavy atom. The number of carbonyl (C=O) groups excluding carboxylic acids is 3. The summed E-state index contributed by atoms with van der Waals surface area (Å²) in [6.07, 6.45) is 3.97. The van der Waals surface area contributed by atoms with Crippen molar-refractivity contribution >= 4 is 29.4 Å². The summed E-state index contributed by atoms with van der Waals surface area (Å²) in [5.41, 5.74) is 1.96. The van der Waals surface area contributed by atoms with Gasteiger partial charge < -0.3 is 15.0 Å². The third-order valence-corrected chi connectivity index (χ3v) is 5.10. The van der Waals surface area contributed by atoms with Crippen molar-refractivity contribution in [3.05, 3.63) is 59.4 Å². The number of benzene rings is 1. The predicted octanol–water partition coefficient (Wildman–Crippen LogP) is 3.59. The number of ketones is 1. The summed E-state index contributed by atoms with van der Waals surface area (Å²) in [5, 5.41) is 2.74. The van der Waals surface area contributed by atoms with E-state index in [9.17, 15) is 14.4 Å². The zero-order valence-electron chi connectivity index (χ0n) is 17.3. The number of Topliss-reactive ketones (excluding diaryl/α,β-unsaturated/α-hetero) is 1. The van der Waals surface area contributed by atoms with Crippen LogP contribution in [0, 0.1) is 0 Å². The Hall–Kier alpha value is -2.54. The minimum atomic E-state index is -0.811. The van der Waals surface area contributed by atoms with Crippen LogP contribution in [0.15, 0.2) is 42.6 Å². The number of hydrogen-bond acceptors (Lipinski definition) is 5. The fourth-order valence-corrected chi connectivity index (χ4v) is 3.14. The van der Waals surface area contributed by atoms with Gasteiger partial charge in [0.2, 0.25) is 5.78 Å². The summed E-state index contributed by atoms with van der Waals surface area (Å²) in [7, 11) is 0. The number of H-pyrrole nitrogens is 1. The Balaban J connectivity index is 2.00. The van der Waals surface area contributed by atoms with Gasteiger partial charge in [0.1, 0.15) is 6.04 Å². The molecule has 1 atom stereocenters. The Morgan fingerprint density at radius 3 is 2.38 bits per heavy atom. The molecule has 0 spiro atoms. The number of aromatic amines is 1. The number of carbonyl (C=O) groups is 3. The maximum Gasteiger partial charge on any atom is 0.329 e. The second kappa shape index (κ2) is 10.3. The highest BCUT2D eigenvalue weighted by atomic mass is 32.2. The van der Waals surface area contributed by atoms with Crippen LogP contribution in [0.5, 0.6) is 0 Å². The lowest BCUT2D eigenvalue weighted by Gasteiger charge is -2.20. The number of amides is 1. The van der Waals surface area contributed by atoms with E-state index >= 15 is 0 Å². The highest BCUT2D eigenvalue weighted by Crippen LogP contribution is 2.22. The fourth-order valence-electron chi connectivity index (χ4n) is 2.67. The summed E-state index contributed by atoms with van der Waals surface area (Å²) < 4.78 is 5.15. The van der Waals surface area contributed by atoms with Crippen LogP contribution in [0.4, 0.5) is 0 Å². The van der Waals surface area contributed by atoms with Crippen LogP contribution in [0.3, 0.4) is 0 Å². The third kappa shape index (κ3) is 6.78. The first-order valence-electron chi connectivity index (χ1n) is 9.46. The van der Waals surface area contributed by atoms with Crippen LogP contribution in [0.1, 0.15) is 53.6 Å². The van der Waals surface area contributed by atoms with Crippen molar-refractivity contribution < 1.29 is 19.1 Å². The molecule has 1 aromatic heterocycles. The second-order valence-electron chi connectivity index (χ2n) is 7.75. The van der Waals surface area contributed by atoms with Crippen LogP contribution in [-0.2, 0) is 14.9 Å². The molecule has 0 radical (unpaired) electrons. The van der Waals surface area contributed by atoms with E-state index in [0.29, 0.717) is 23.4 Å². The van der Waals surface area contributed by atoms with E-state index in [4.69, 9.17) is 4.74 Å². The number of hydrogen-bond donors (Lipinski definition) is 2. The van der Waals surface area contributed by atoms with Crippen LogP contribution in [0.25, 0.3) is 0 Å². The van der Waals surface area contributed by atoms with Gasteiger partial charge in [-0.05, 0) is 53.7 Å². The largest absolute Gasteiger partial charge is 0.456 e. The van der Waals surface area contributed by atoms with Gasteiger partial charge in [-0.25, -0.2) is 4.79 Å². The Bertz CT molecular complexity index is 823. The van der Waals surface area contributed by atoms with E-state index in [2.05, 4.69) is 31.1 Å². The highest BCUT2D eigenvalue weighted by molar-refractivity contribution is 7.98. The Labute approximate surface area is 175 Å². The van der Waals surface area contributed by atoms with Gasteiger partial charge in [0, 0.05) is 11.8 Å². The zero-order chi connectivity index (χ0) is 21.4. The Morgan fingerprint density at radius 1 is 1.14 bits per heavy atom. The lowest BCUT2D eigenvalue weighted by atomic mass is 9.86. The van der Waals surface area contributed by atoms with E-state index in [0.717, 1.165) is 5.56 Å². The SMILES string of the molecule is CSCCC(NC(=O)c1ccc(C(C)(C)C)cc1)C(=O)OCC(=O)c1ccc[nH]1. The number of thioether (sulfide) groups is 1. The van der Waals surface area contributed by atoms with Crippen molar-refractivity contribution in [1.29, 1.82) is 0 Å². The van der Waals surface area contributed by atoms with Gasteiger partial charge in [-0.2, -0.15) is 11.8 Å². The fraction of sp³-hybridized carbons (Fsp3) is 0.409. The summed E-state index contributed by atoms with van der Waals surface area (Å²) >= 11 is 1.57. The quantitative estimate of drug-likeness (QED) is 0.482. The summed E-state index contributed by atoms with van der Waals surface area (Å²) in [6.45, 7) is 5.94. The summed E-state index contributed by atoms with van der Waals surface area (Å²) in [4.78, 5) is 39.9. The summed E-state index contributed by atoms with van der Waals surface area (Å²) in [5.74, 6) is -0.605. The molecule has 0 bridgehead atoms. The van der Waals surface area contributed by atoms with Crippen LogP contribution in [0.2, 0.25) is 0 Å². The molecule has 0 saturated heterocycles. The van der Waals surface area contributed by atoms with Gasteiger partial charge in [0.05, 0.1) is 5.69 Å². The standard InChI is InChI=1S/C22H28N2O4S/c1-22(2,3)16-9-7-15(8-10-16)20(26)24-18(11-13-29-4)21(27)28-14-19(25)17-6-5-12-23-17/h5-10,12,18,23H,11,13-14H2,1-4H3,(H,24,26). The molecule has 6 nitrogen and oxygen atoms in total. The van der Waals surface area contributed by atoms with Gasteiger partial charge in [-0.1, -0.05) is 32.9 Å². The van der Waals surface area contributed by atoms with E-state index in [-0.39, 0.29) is 23.7 Å². The number of nitrogens with one attached hydrogen (secondary N) is 2. The Kier molecular flexibility index (Phi) is 8.08. The number of ether oxygens (including phenoxy) is 1. The molecule has 0 aliphatic heterocycles. The normalized spacial score (nSPS) is 12.3. The van der Waals surface area contributed by atoms with Crippen molar-refractivity contribution in [3.8, 4) is 0 Å². The van der Waals surface area contributed by atoms with Gasteiger partial charge >= 0.3 is 5.97 Å². The molecule has 2 rings (SSSR count). The van der Waals surface area contributed by atoms with Gasteiger partial charge in [-0.15, -0.1) is 0 Å². The zero-order valence-corrected chi connectivity index (χ0v) is 18.1. The van der Waals surface area contributed by atoms with Crippen molar-refractivity contribution in [2.24, 2.45) is 0 Å². The molecule has 2 N–H and O–H groups in total. The van der Waals surface area contributed by atoms with Crippen LogP contribution < -0.4 is 5.32 Å². The second-order valence-corrected chi connectivity index (χ2v) is 8.74. The number of esters is 1. The minimum Gasteiger partial charge on any atom is -0.456 e. The molecular formula is C22H28N2O4S. The lowest BCUT2D eigenvalue weighted by molar-refractivity contribution is -0.144. The molecular weight excluding hydrogens is 388 g/mol. The van der Waals surface area contributed by atoms with E-state index in [1.54, 1.807) is 42.2 Å². The van der Waals surface area contributed by atoms with Gasteiger partial charge in [-0.3, -0.25) is 9.59 Å². The maximum absolute atomic E-state index is 12.6. The van der Waals surface area contributed by atoms with Crippen molar-refractivity contribution in [3.63, 3.8) is 0 Å². The molecule has 1 heterocycles. The van der Waals surface area contributed by atoms with Crippen molar-refractivity contribution in [2.75, 3.05) is 18.6 Å². The van der Waals surface area contributed by atoms with E-state index in [1.165, 1.54) is 0 Å². The monoisotopic (exact) mass is 416 g/mol. The molecule has 1 unspecified atom stereocenters. The topological polar surface area (TPSA) is 88.3 Å². The molecule has 0 aliphatic carbocycles. The lowest BCUT2D eigenvalue weighted by Crippen LogP contribution is -2.42. The van der Waals surface area contributed by atoms with Crippen LogP contribution >= 0.6 is 11.8 Å². The average molecular weight is 417 g/mol. The minimum absolute atomic E-state index is 0.00856. The molecule has 2 aromatic rings. The maximum atomic E-state index is 12.6. The summed E-state index contributed by atoms with van der Waals surface area (Å²) in [6, 6.07) is 9.83. The van der Waals surface area contributed by atoms with Gasteiger partial charge in [0.25, 0.3) is 5.91 Å². The predicted molar refractivity (Wildman–Crippen MR) is 115 cm³/mol. The van der Waals surface area contributed by atoms with Gasteiger partial charge in [0.15, 0.2) is 6.61 Å². The molecule has 1 aromatic carbocycles. The average Bonchev–Trinajstić information content (AvgIpc) is 3.23. The molecule has 29 heavy (non-hydrogen) atoms. The molecule has 0 aliphatic rings. The first-order chi connectivity index (χ1) is 13.7. The van der Waals surface area contributed by atoms with Crippen molar-refractivity contribution in [2.45, 2.75) is 38.6 Å². The van der Waals surface area contributed by atoms with E-state index < -0.39 is 12.0 Å². The highest BCUT2D eigenvalue weighted by Gasteiger charge is 2.24. The smallest absolute Gasteiger partial charge is 0.329 e. The molecule has 156 valence electrons. The third-order valence-electron chi connectivity index (χ3n) is 4.46. The van der Waals surface area contributed by atoms with Crippen LogP contribution in [-0.4, -0.2) is 47.3 Å². The number of aromatic nitrogens is 1. The molecule has 7 heteroatoms. The molecule has 0 saturated carbocycles. The van der Waals surface area contributed by atoms with E-state index in [1.807, 2.05) is 18.4 Å². The first-order valence-corrected chi connectivity index (χ1v) is 10.9.